The summed E-state index contributed by atoms with van der Waals surface area (Å²) in [5.74, 6) is 2.49. The molecule has 19 heteroatoms. The summed E-state index contributed by atoms with van der Waals surface area (Å²) in [5.41, 5.74) is 11.6. The van der Waals surface area contributed by atoms with Crippen LogP contribution in [0.3, 0.4) is 0 Å². The van der Waals surface area contributed by atoms with Crippen LogP contribution in [0.2, 0.25) is 0 Å². The van der Waals surface area contributed by atoms with Crippen LogP contribution in [0, 0.1) is 63.5 Å². The minimum Gasteiger partial charge on any atom is -0.437 e. The summed E-state index contributed by atoms with van der Waals surface area (Å²) in [5, 5.41) is 33.9. The summed E-state index contributed by atoms with van der Waals surface area (Å²) in [6.07, 6.45) is 2.44. The fourth-order valence-corrected chi connectivity index (χ4v) is 6.90. The molecule has 17 nitrogen and oxygen atoms in total. The van der Waals surface area contributed by atoms with E-state index in [-0.39, 0.29) is 35.8 Å². The van der Waals surface area contributed by atoms with Crippen LogP contribution in [0.5, 0.6) is 23.3 Å². The molecule has 1 fully saturated rings. The van der Waals surface area contributed by atoms with Gasteiger partial charge in [-0.15, -0.1) is 0 Å². The molecule has 2 aromatic heterocycles. The molecular weight excluding hydrogens is 948 g/mol. The van der Waals surface area contributed by atoms with Gasteiger partial charge in [-0.2, -0.15) is 30.5 Å². The van der Waals surface area contributed by atoms with Gasteiger partial charge < -0.3 is 24.8 Å². The Balaban J connectivity index is 0.000000216. The Morgan fingerprint density at radius 2 is 1.12 bits per heavy atom. The van der Waals surface area contributed by atoms with Gasteiger partial charge in [0.05, 0.1) is 36.4 Å². The number of benzene rings is 4. The second kappa shape index (κ2) is 21.6. The zero-order chi connectivity index (χ0) is 45.8. The van der Waals surface area contributed by atoms with Crippen molar-refractivity contribution in [3.63, 3.8) is 0 Å². The van der Waals surface area contributed by atoms with E-state index in [4.69, 9.17) is 37.5 Å². The third-order valence-electron chi connectivity index (χ3n) is 9.25. The van der Waals surface area contributed by atoms with E-state index < -0.39 is 0 Å². The van der Waals surface area contributed by atoms with Crippen LogP contribution < -0.4 is 31.1 Å². The van der Waals surface area contributed by atoms with Crippen molar-refractivity contribution in [2.24, 2.45) is 0 Å². The van der Waals surface area contributed by atoms with Crippen molar-refractivity contribution in [3.05, 3.63) is 138 Å². The molecular formula is C45H38Br2N12O5. The average Bonchev–Trinajstić information content (AvgIpc) is 3.30. The Morgan fingerprint density at radius 3 is 1.52 bits per heavy atom. The van der Waals surface area contributed by atoms with Gasteiger partial charge in [-0.25, -0.2) is 20.0 Å². The maximum atomic E-state index is 9.42. The molecule has 0 aliphatic carbocycles. The van der Waals surface area contributed by atoms with Gasteiger partial charge in [-0.1, -0.05) is 24.3 Å². The van der Waals surface area contributed by atoms with E-state index in [1.165, 1.54) is 0 Å². The number of hydrogen-bond donors (Lipinski definition) is 5. The summed E-state index contributed by atoms with van der Waals surface area (Å²) in [7, 11) is 0. The lowest BCUT2D eigenvalue weighted by atomic mass is 10.1. The Kier molecular flexibility index (Phi) is 15.6. The van der Waals surface area contributed by atoms with Gasteiger partial charge in [-0.3, -0.25) is 10.7 Å². The van der Waals surface area contributed by atoms with Gasteiger partial charge in [0.25, 0.3) is 0 Å². The zero-order valence-electron chi connectivity index (χ0n) is 34.7. The fourth-order valence-electron chi connectivity index (χ4n) is 6.21. The highest BCUT2D eigenvalue weighted by Gasteiger charge is 2.21. The molecule has 1 unspecified atom stereocenters. The number of hydrogen-bond acceptors (Lipinski definition) is 15. The number of nitrogens with zero attached hydrogens (tertiary/aromatic N) is 8. The largest absolute Gasteiger partial charge is 0.437 e. The van der Waals surface area contributed by atoms with E-state index in [0.29, 0.717) is 66.7 Å². The molecule has 0 spiro atoms. The number of ether oxygens (including phenoxy) is 3. The molecule has 322 valence electrons. The summed E-state index contributed by atoms with van der Waals surface area (Å²) in [4.78, 5) is 30.1. The lowest BCUT2D eigenvalue weighted by Crippen LogP contribution is -2.25. The lowest BCUT2D eigenvalue weighted by molar-refractivity contribution is -0.145. The number of aryl methyl sites for hydroxylation is 4. The minimum absolute atomic E-state index is 0.110. The first kappa shape index (κ1) is 46.2. The highest BCUT2D eigenvalue weighted by molar-refractivity contribution is 9.11. The third kappa shape index (κ3) is 11.8. The molecule has 1 aliphatic rings. The smallest absolute Gasteiger partial charge is 0.240 e. The zero-order valence-corrected chi connectivity index (χ0v) is 37.9. The van der Waals surface area contributed by atoms with Gasteiger partial charge in [0.2, 0.25) is 23.7 Å². The second-order valence-corrected chi connectivity index (χ2v) is 15.6. The average molecular weight is 987 g/mol. The van der Waals surface area contributed by atoms with Crippen molar-refractivity contribution in [3.8, 4) is 35.4 Å². The van der Waals surface area contributed by atoms with Gasteiger partial charge in [-0.05, 0) is 143 Å². The maximum absolute atomic E-state index is 9.42. The molecule has 0 amide bonds. The number of anilines is 6. The highest BCUT2D eigenvalue weighted by atomic mass is 79.9. The molecule has 0 radical (unpaired) electrons. The molecule has 3 heterocycles. The first-order chi connectivity index (χ1) is 30.9. The Hall–Kier alpha value is -7.36. The minimum atomic E-state index is -0.379. The van der Waals surface area contributed by atoms with Crippen molar-refractivity contribution in [2.45, 2.75) is 53.2 Å². The van der Waals surface area contributed by atoms with Gasteiger partial charge in [0.15, 0.2) is 29.3 Å². The molecule has 0 bridgehead atoms. The number of halogens is 2. The standard InChI is InChI=1S/C25H23BrN6O3.C20H15BrN6O2/c1-15-12-17(14-27)13-16(2)22(15)34-24-21(26)23(32-35-20-6-4-5-11-33-20)30-25(31-24)29-19-9-7-18(28-3)8-10-19;1-11-8-13(10-22)9-12(2)17(11)29-19-16(21)18(27-28)25-20(26-19)24-15-6-4-14(23-3)5-7-15/h7-10,12-13,20H,4-6,11H2,1-2H3,(H2,29,30,31,32);4-9,28H,1-2H3,(H2,24,25,26,27). The Morgan fingerprint density at radius 1 is 0.688 bits per heavy atom. The van der Waals surface area contributed by atoms with Gasteiger partial charge >= 0.3 is 0 Å². The normalized spacial score (nSPS) is 12.8. The van der Waals surface area contributed by atoms with Crippen LogP contribution in [0.25, 0.3) is 9.69 Å². The number of rotatable bonds is 12. The third-order valence-corrected chi connectivity index (χ3v) is 10.7. The van der Waals surface area contributed by atoms with Crippen molar-refractivity contribution in [2.75, 3.05) is 28.2 Å². The second-order valence-electron chi connectivity index (χ2n) is 14.0. The first-order valence-corrected chi connectivity index (χ1v) is 21.0. The van der Waals surface area contributed by atoms with Crippen LogP contribution in [0.1, 0.15) is 52.6 Å². The van der Waals surface area contributed by atoms with Crippen molar-refractivity contribution < 1.29 is 24.3 Å². The number of nitrogens with one attached hydrogen (secondary N) is 4. The SMILES string of the molecule is [C-]#[N+]c1ccc(Nc2nc(NO)c(Br)c(Oc3c(C)cc(C#N)cc3C)n2)cc1.[C-]#[N+]c1ccc(Nc2nc(NOC3CCCCO3)c(Br)c(Oc3c(C)cc(C#N)cc3C)n2)cc1. The van der Waals surface area contributed by atoms with Crippen molar-refractivity contribution in [1.82, 2.24) is 19.9 Å². The topological polar surface area (TPSA) is 213 Å². The van der Waals surface area contributed by atoms with E-state index >= 15 is 0 Å². The molecule has 64 heavy (non-hydrogen) atoms. The van der Waals surface area contributed by atoms with Gasteiger partial charge in [0.1, 0.15) is 20.4 Å². The molecule has 5 N–H and O–H groups in total. The molecule has 1 aliphatic heterocycles. The maximum Gasteiger partial charge on any atom is 0.240 e. The van der Waals surface area contributed by atoms with E-state index in [2.05, 4.69) is 89.7 Å². The Labute approximate surface area is 385 Å². The van der Waals surface area contributed by atoms with Crippen LogP contribution >= 0.6 is 31.9 Å². The van der Waals surface area contributed by atoms with Gasteiger partial charge in [0, 0.05) is 24.4 Å². The molecule has 0 saturated carbocycles. The number of aromatic nitrogens is 4. The van der Waals surface area contributed by atoms with Crippen molar-refractivity contribution in [1.29, 1.82) is 10.5 Å². The highest BCUT2D eigenvalue weighted by Crippen LogP contribution is 2.39. The predicted molar refractivity (Wildman–Crippen MR) is 247 cm³/mol. The summed E-state index contributed by atoms with van der Waals surface area (Å²) >= 11 is 6.86. The van der Waals surface area contributed by atoms with E-state index in [0.717, 1.165) is 41.5 Å². The Bertz CT molecular complexity index is 2780. The molecule has 6 aromatic rings. The first-order valence-electron chi connectivity index (χ1n) is 19.4. The predicted octanol–water partition coefficient (Wildman–Crippen LogP) is 12.3. The number of nitriles is 2. The monoisotopic (exact) mass is 984 g/mol. The van der Waals surface area contributed by atoms with E-state index in [1.54, 1.807) is 72.8 Å². The van der Waals surface area contributed by atoms with Crippen LogP contribution in [0.15, 0.2) is 81.7 Å². The van der Waals surface area contributed by atoms with Crippen molar-refractivity contribution >= 4 is 78.1 Å². The summed E-state index contributed by atoms with van der Waals surface area (Å²) in [6.45, 7) is 22.2. The van der Waals surface area contributed by atoms with E-state index in [9.17, 15) is 10.5 Å². The lowest BCUT2D eigenvalue weighted by Gasteiger charge is -2.23. The van der Waals surface area contributed by atoms with Crippen LogP contribution in [-0.2, 0) is 9.57 Å². The van der Waals surface area contributed by atoms with Crippen LogP contribution in [0.4, 0.5) is 46.3 Å². The summed E-state index contributed by atoms with van der Waals surface area (Å²) in [6, 6.07) is 25.0. The molecule has 7 rings (SSSR count). The molecule has 1 saturated heterocycles. The quantitative estimate of drug-likeness (QED) is 0.0570. The fraction of sp³-hybridized carbons (Fsp3) is 0.200. The van der Waals surface area contributed by atoms with Crippen LogP contribution in [-0.4, -0.2) is 38.0 Å². The molecule has 1 atom stereocenters. The molecule has 4 aromatic carbocycles. The summed E-state index contributed by atoms with van der Waals surface area (Å²) < 4.78 is 18.6. The van der Waals surface area contributed by atoms with E-state index in [1.807, 2.05) is 33.2 Å².